The fourth-order valence-corrected chi connectivity index (χ4v) is 3.28. The molecule has 0 aliphatic heterocycles. The van der Waals surface area contributed by atoms with Crippen molar-refractivity contribution in [2.24, 2.45) is 0 Å². The molecule has 44 heavy (non-hydrogen) atoms. The second-order valence-corrected chi connectivity index (χ2v) is 9.13. The minimum absolute atomic E-state index is 0.0556. The van der Waals surface area contributed by atoms with E-state index in [9.17, 15) is 24.5 Å². The van der Waals surface area contributed by atoms with Gasteiger partial charge in [0.25, 0.3) is 5.69 Å². The molecule has 0 radical (unpaired) electrons. The van der Waals surface area contributed by atoms with Crippen LogP contribution in [0.3, 0.4) is 0 Å². The molecule has 0 saturated heterocycles. The molecule has 0 saturated carbocycles. The zero-order valence-electron chi connectivity index (χ0n) is 24.7. The molecule has 0 spiro atoms. The van der Waals surface area contributed by atoms with Gasteiger partial charge in [0.1, 0.15) is 25.6 Å². The summed E-state index contributed by atoms with van der Waals surface area (Å²) in [5.74, 6) is 0.545. The monoisotopic (exact) mass is 647 g/mol. The van der Waals surface area contributed by atoms with Crippen LogP contribution in [0.4, 0.5) is 15.3 Å². The van der Waals surface area contributed by atoms with E-state index >= 15 is 0 Å². The van der Waals surface area contributed by atoms with Gasteiger partial charge in [-0.25, -0.2) is 9.59 Å². The summed E-state index contributed by atoms with van der Waals surface area (Å²) in [5.41, 5.74) is -0.135. The number of non-ortho nitro benzene ring substituents is 1. The summed E-state index contributed by atoms with van der Waals surface area (Å²) in [6.07, 6.45) is 5.57. The van der Waals surface area contributed by atoms with E-state index in [2.05, 4.69) is 10.6 Å². The Kier molecular flexibility index (Phi) is 23.7. The van der Waals surface area contributed by atoms with Crippen molar-refractivity contribution < 1.29 is 52.5 Å². The number of nitro benzene ring substituents is 1. The van der Waals surface area contributed by atoms with E-state index in [4.69, 9.17) is 44.8 Å². The number of hydrogen-bond acceptors (Lipinski definition) is 12. The van der Waals surface area contributed by atoms with Gasteiger partial charge in [-0.05, 0) is 37.1 Å². The van der Waals surface area contributed by atoms with Crippen molar-refractivity contribution in [2.75, 3.05) is 85.0 Å². The van der Waals surface area contributed by atoms with Crippen LogP contribution in [-0.2, 0) is 33.2 Å². The number of amides is 2. The summed E-state index contributed by atoms with van der Waals surface area (Å²) in [4.78, 5) is 45.0. The summed E-state index contributed by atoms with van der Waals surface area (Å²) in [7, 11) is 0. The molecule has 0 aliphatic carbocycles. The SMILES string of the molecule is O=C(COCCOCCNC(=O)OC/C=C\COC(=O)Oc1ccc([N+](=O)[O-])cc1)NCCOCCOCCCCCCCl. The molecule has 0 bridgehead atoms. The van der Waals surface area contributed by atoms with E-state index in [1.807, 2.05) is 0 Å². The number of alkyl carbamates (subject to hydrolysis) is 1. The van der Waals surface area contributed by atoms with Gasteiger partial charge in [-0.3, -0.25) is 14.9 Å². The maximum atomic E-state index is 11.7. The molecule has 2 N–H and O–H groups in total. The Bertz CT molecular complexity index is 966. The van der Waals surface area contributed by atoms with Crippen LogP contribution in [0, 0.1) is 10.1 Å². The van der Waals surface area contributed by atoms with Crippen molar-refractivity contribution >= 4 is 35.4 Å². The number of alkyl halides is 1. The van der Waals surface area contributed by atoms with Crippen LogP contribution < -0.4 is 15.4 Å². The normalized spacial score (nSPS) is 10.8. The fourth-order valence-electron chi connectivity index (χ4n) is 3.09. The molecule has 0 aliphatic rings. The third-order valence-electron chi connectivity index (χ3n) is 5.26. The van der Waals surface area contributed by atoms with Crippen molar-refractivity contribution in [3.8, 4) is 5.75 Å². The highest BCUT2D eigenvalue weighted by atomic mass is 35.5. The number of halogens is 1. The Morgan fingerprint density at radius 2 is 1.34 bits per heavy atom. The van der Waals surface area contributed by atoms with Crippen LogP contribution >= 0.6 is 11.6 Å². The molecule has 16 heteroatoms. The number of carbonyl (C=O) groups is 3. The molecule has 0 heterocycles. The maximum Gasteiger partial charge on any atom is 0.514 e. The topological polar surface area (TPSA) is 183 Å². The molecule has 0 atom stereocenters. The van der Waals surface area contributed by atoms with Gasteiger partial charge < -0.3 is 43.8 Å². The number of carbonyl (C=O) groups excluding carboxylic acids is 3. The minimum Gasteiger partial charge on any atom is -0.445 e. The lowest BCUT2D eigenvalue weighted by molar-refractivity contribution is -0.384. The van der Waals surface area contributed by atoms with Gasteiger partial charge in [-0.15, -0.1) is 11.6 Å². The Labute approximate surface area is 261 Å². The zero-order chi connectivity index (χ0) is 32.1. The number of ether oxygens (including phenoxy) is 7. The standard InChI is InChI=1S/C28H42ClN3O12/c29-11-3-1-2-4-14-38-19-20-39-17-12-30-26(33)23-41-22-21-40-18-13-31-27(34)42-15-5-6-16-43-28(35)44-25-9-7-24(8-10-25)32(36)37/h5-10H,1-4,11-23H2,(H,30,33)(H,31,34)/b6-5-. The number of rotatable bonds is 26. The van der Waals surface area contributed by atoms with Gasteiger partial charge in [0.15, 0.2) is 0 Å². The van der Waals surface area contributed by atoms with Gasteiger partial charge >= 0.3 is 12.2 Å². The predicted octanol–water partition coefficient (Wildman–Crippen LogP) is 3.37. The molecule has 0 unspecified atom stereocenters. The van der Waals surface area contributed by atoms with Gasteiger partial charge in [-0.1, -0.05) is 12.8 Å². The Balaban J connectivity index is 1.86. The predicted molar refractivity (Wildman–Crippen MR) is 159 cm³/mol. The van der Waals surface area contributed by atoms with E-state index in [0.717, 1.165) is 25.7 Å². The minimum atomic E-state index is -0.991. The van der Waals surface area contributed by atoms with Crippen LogP contribution in [0.2, 0.25) is 0 Å². The van der Waals surface area contributed by atoms with Gasteiger partial charge in [-0.2, -0.15) is 0 Å². The van der Waals surface area contributed by atoms with E-state index < -0.39 is 17.2 Å². The highest BCUT2D eigenvalue weighted by molar-refractivity contribution is 6.17. The summed E-state index contributed by atoms with van der Waals surface area (Å²) in [5, 5.41) is 15.8. The van der Waals surface area contributed by atoms with Crippen LogP contribution in [0.15, 0.2) is 36.4 Å². The summed E-state index contributed by atoms with van der Waals surface area (Å²) in [6.45, 7) is 3.08. The molecule has 1 rings (SSSR count). The highest BCUT2D eigenvalue weighted by Gasteiger charge is 2.08. The van der Waals surface area contributed by atoms with Crippen LogP contribution in [0.5, 0.6) is 5.75 Å². The number of nitrogens with zero attached hydrogens (tertiary/aromatic N) is 1. The Hall–Kier alpha value is -3.50. The maximum absolute atomic E-state index is 11.7. The third kappa shape index (κ3) is 23.0. The Morgan fingerprint density at radius 1 is 0.750 bits per heavy atom. The highest BCUT2D eigenvalue weighted by Crippen LogP contribution is 2.17. The smallest absolute Gasteiger partial charge is 0.445 e. The van der Waals surface area contributed by atoms with Gasteiger partial charge in [0.05, 0.1) is 44.6 Å². The second-order valence-electron chi connectivity index (χ2n) is 8.75. The number of unbranched alkanes of at least 4 members (excludes halogenated alkanes) is 3. The molecule has 15 nitrogen and oxygen atoms in total. The molecular formula is C28H42ClN3O12. The lowest BCUT2D eigenvalue weighted by atomic mass is 10.2. The van der Waals surface area contributed by atoms with Crippen molar-refractivity contribution in [1.29, 1.82) is 0 Å². The number of benzene rings is 1. The third-order valence-corrected chi connectivity index (χ3v) is 5.52. The first-order valence-electron chi connectivity index (χ1n) is 14.2. The Morgan fingerprint density at radius 3 is 2.00 bits per heavy atom. The van der Waals surface area contributed by atoms with Crippen molar-refractivity contribution in [2.45, 2.75) is 25.7 Å². The average Bonchev–Trinajstić information content (AvgIpc) is 3.01. The van der Waals surface area contributed by atoms with E-state index in [1.54, 1.807) is 0 Å². The zero-order valence-corrected chi connectivity index (χ0v) is 25.5. The van der Waals surface area contributed by atoms with Crippen molar-refractivity contribution in [3.63, 3.8) is 0 Å². The fraction of sp³-hybridized carbons (Fsp3) is 0.607. The van der Waals surface area contributed by atoms with Crippen LogP contribution in [0.1, 0.15) is 25.7 Å². The number of nitro groups is 1. The summed E-state index contributed by atoms with van der Waals surface area (Å²) in [6, 6.07) is 4.94. The largest absolute Gasteiger partial charge is 0.514 e. The van der Waals surface area contributed by atoms with Crippen molar-refractivity contribution in [1.82, 2.24) is 10.6 Å². The first-order chi connectivity index (χ1) is 21.4. The molecule has 2 amide bonds. The van der Waals surface area contributed by atoms with Gasteiger partial charge in [0, 0.05) is 37.7 Å². The molecule has 0 fully saturated rings. The van der Waals surface area contributed by atoms with E-state index in [1.165, 1.54) is 36.4 Å². The van der Waals surface area contributed by atoms with Crippen LogP contribution in [-0.4, -0.2) is 108 Å². The van der Waals surface area contributed by atoms with Crippen LogP contribution in [0.25, 0.3) is 0 Å². The molecule has 248 valence electrons. The van der Waals surface area contributed by atoms with E-state index in [0.29, 0.717) is 38.9 Å². The molecule has 1 aromatic rings. The quantitative estimate of drug-likeness (QED) is 0.0285. The number of hydrogen-bond donors (Lipinski definition) is 2. The second kappa shape index (κ2) is 27.1. The summed E-state index contributed by atoms with van der Waals surface area (Å²) < 4.78 is 36.0. The first-order valence-corrected chi connectivity index (χ1v) is 14.7. The molecular weight excluding hydrogens is 606 g/mol. The molecule has 0 aromatic heterocycles. The lowest BCUT2D eigenvalue weighted by Gasteiger charge is -2.09. The first kappa shape index (κ1) is 38.5. The van der Waals surface area contributed by atoms with Crippen molar-refractivity contribution in [3.05, 3.63) is 46.5 Å². The number of nitrogens with one attached hydrogen (secondary N) is 2. The van der Waals surface area contributed by atoms with Gasteiger partial charge in [0.2, 0.25) is 5.91 Å². The van der Waals surface area contributed by atoms with E-state index in [-0.39, 0.29) is 63.5 Å². The molecule has 1 aromatic carbocycles. The average molecular weight is 648 g/mol. The lowest BCUT2D eigenvalue weighted by Crippen LogP contribution is -2.31. The summed E-state index contributed by atoms with van der Waals surface area (Å²) >= 11 is 5.63.